The van der Waals surface area contributed by atoms with E-state index in [1.165, 1.54) is 17.6 Å². The highest BCUT2D eigenvalue weighted by Crippen LogP contribution is 2.35. The smallest absolute Gasteiger partial charge is 0.283 e. The van der Waals surface area contributed by atoms with Crippen LogP contribution in [0.5, 0.6) is 5.75 Å². The minimum atomic E-state index is -0.376. The maximum Gasteiger partial charge on any atom is 0.283 e. The molecule has 28 heavy (non-hydrogen) atoms. The van der Waals surface area contributed by atoms with Crippen LogP contribution in [-0.2, 0) is 0 Å². The summed E-state index contributed by atoms with van der Waals surface area (Å²) in [5.74, 6) is -0.267. The standard InChI is InChI=1S/C21H22ClN3O2S/c1-4-25(5-2)15-8-7-14(17(26)11-15)12-23-24-21(27)20-19(22)16-9-6-13(3)10-18(16)28-20/h6-12,26H,4-5H2,1-3H3,(H,24,27)/b23-12-. The van der Waals surface area contributed by atoms with Gasteiger partial charge in [-0.15, -0.1) is 11.3 Å². The molecule has 0 spiro atoms. The largest absolute Gasteiger partial charge is 0.507 e. The van der Waals surface area contributed by atoms with Crippen molar-refractivity contribution in [2.24, 2.45) is 5.10 Å². The summed E-state index contributed by atoms with van der Waals surface area (Å²) in [7, 11) is 0. The van der Waals surface area contributed by atoms with Crippen LogP contribution in [0.3, 0.4) is 0 Å². The van der Waals surface area contributed by atoms with Crippen LogP contribution in [0.15, 0.2) is 41.5 Å². The van der Waals surface area contributed by atoms with Gasteiger partial charge in [0, 0.05) is 40.5 Å². The van der Waals surface area contributed by atoms with Gasteiger partial charge in [-0.05, 0) is 44.5 Å². The summed E-state index contributed by atoms with van der Waals surface area (Å²) in [6.07, 6.45) is 1.42. The highest BCUT2D eigenvalue weighted by atomic mass is 35.5. The average molecular weight is 416 g/mol. The molecule has 2 N–H and O–H groups in total. The molecule has 0 saturated carbocycles. The number of nitrogens with zero attached hydrogens (tertiary/aromatic N) is 2. The van der Waals surface area contributed by atoms with Gasteiger partial charge in [0.1, 0.15) is 10.6 Å². The molecule has 0 aliphatic heterocycles. The molecule has 2 aromatic carbocycles. The normalized spacial score (nSPS) is 11.3. The van der Waals surface area contributed by atoms with Crippen LogP contribution in [0, 0.1) is 6.92 Å². The second-order valence-corrected chi connectivity index (χ2v) is 7.79. The number of phenolic OH excluding ortho intramolecular Hbond substituents is 1. The summed E-state index contributed by atoms with van der Waals surface area (Å²) >= 11 is 7.69. The van der Waals surface area contributed by atoms with Crippen molar-refractivity contribution in [1.82, 2.24) is 5.43 Å². The number of phenols is 1. The van der Waals surface area contributed by atoms with Crippen LogP contribution >= 0.6 is 22.9 Å². The third kappa shape index (κ3) is 4.13. The number of benzene rings is 2. The van der Waals surface area contributed by atoms with E-state index in [1.807, 2.05) is 31.2 Å². The van der Waals surface area contributed by atoms with Crippen molar-refractivity contribution in [2.45, 2.75) is 20.8 Å². The van der Waals surface area contributed by atoms with E-state index in [1.54, 1.807) is 12.1 Å². The Balaban J connectivity index is 1.74. The van der Waals surface area contributed by atoms with E-state index in [2.05, 4.69) is 29.3 Å². The second-order valence-electron chi connectivity index (χ2n) is 6.36. The summed E-state index contributed by atoms with van der Waals surface area (Å²) in [6.45, 7) is 7.83. The molecule has 5 nitrogen and oxygen atoms in total. The molecular weight excluding hydrogens is 394 g/mol. The Morgan fingerprint density at radius 1 is 1.25 bits per heavy atom. The van der Waals surface area contributed by atoms with E-state index < -0.39 is 0 Å². The van der Waals surface area contributed by atoms with Crippen molar-refractivity contribution in [1.29, 1.82) is 0 Å². The van der Waals surface area contributed by atoms with Crippen molar-refractivity contribution in [3.05, 3.63) is 57.4 Å². The van der Waals surface area contributed by atoms with Crippen LogP contribution in [0.25, 0.3) is 10.1 Å². The summed E-state index contributed by atoms with van der Waals surface area (Å²) < 4.78 is 0.962. The van der Waals surface area contributed by atoms with Crippen molar-refractivity contribution >= 4 is 50.8 Å². The Labute approximate surface area is 173 Å². The molecule has 0 aliphatic carbocycles. The Hall–Kier alpha value is -2.57. The lowest BCUT2D eigenvalue weighted by Gasteiger charge is -2.21. The lowest BCUT2D eigenvalue weighted by Crippen LogP contribution is -2.21. The lowest BCUT2D eigenvalue weighted by molar-refractivity contribution is 0.0959. The Bertz CT molecular complexity index is 1040. The van der Waals surface area contributed by atoms with Gasteiger partial charge >= 0.3 is 0 Å². The SMILES string of the molecule is CCN(CC)c1ccc(/C=N\NC(=O)c2sc3cc(C)ccc3c2Cl)c(O)c1. The molecule has 1 heterocycles. The summed E-state index contributed by atoms with van der Waals surface area (Å²) in [5.41, 5.74) is 5.06. The van der Waals surface area contributed by atoms with Gasteiger partial charge in [-0.1, -0.05) is 23.7 Å². The maximum atomic E-state index is 12.4. The molecule has 0 bridgehead atoms. The third-order valence-corrected chi connectivity index (χ3v) is 6.16. The van der Waals surface area contributed by atoms with E-state index in [4.69, 9.17) is 11.6 Å². The minimum absolute atomic E-state index is 0.109. The number of halogens is 1. The van der Waals surface area contributed by atoms with Crippen LogP contribution < -0.4 is 10.3 Å². The first-order valence-electron chi connectivity index (χ1n) is 9.04. The topological polar surface area (TPSA) is 64.9 Å². The number of hydrogen-bond donors (Lipinski definition) is 2. The van der Waals surface area contributed by atoms with Crippen molar-refractivity contribution in [3.63, 3.8) is 0 Å². The van der Waals surface area contributed by atoms with E-state index >= 15 is 0 Å². The molecule has 3 rings (SSSR count). The zero-order chi connectivity index (χ0) is 20.3. The van der Waals surface area contributed by atoms with E-state index in [9.17, 15) is 9.90 Å². The van der Waals surface area contributed by atoms with Crippen LogP contribution in [0.1, 0.15) is 34.6 Å². The van der Waals surface area contributed by atoms with E-state index in [0.29, 0.717) is 15.5 Å². The quantitative estimate of drug-likeness (QED) is 0.430. The Morgan fingerprint density at radius 2 is 2.00 bits per heavy atom. The lowest BCUT2D eigenvalue weighted by atomic mass is 10.2. The van der Waals surface area contributed by atoms with Crippen LogP contribution in [-0.4, -0.2) is 30.3 Å². The van der Waals surface area contributed by atoms with E-state index in [-0.39, 0.29) is 11.7 Å². The molecule has 0 atom stereocenters. The number of hydrogen-bond acceptors (Lipinski definition) is 5. The number of fused-ring (bicyclic) bond motifs is 1. The molecule has 1 aromatic heterocycles. The number of thiophene rings is 1. The number of nitrogens with one attached hydrogen (secondary N) is 1. The molecular formula is C21H22ClN3O2S. The first-order chi connectivity index (χ1) is 13.4. The number of aryl methyl sites for hydroxylation is 1. The van der Waals surface area contributed by atoms with Crippen LogP contribution in [0.4, 0.5) is 5.69 Å². The number of amides is 1. The maximum absolute atomic E-state index is 12.4. The fourth-order valence-corrected chi connectivity index (χ4v) is 4.46. The number of rotatable bonds is 6. The van der Waals surface area contributed by atoms with Crippen LogP contribution in [0.2, 0.25) is 5.02 Å². The van der Waals surface area contributed by atoms with Crippen molar-refractivity contribution < 1.29 is 9.90 Å². The second kappa shape index (κ2) is 8.63. The van der Waals surface area contributed by atoms with Crippen molar-refractivity contribution in [3.8, 4) is 5.75 Å². The number of anilines is 1. The summed E-state index contributed by atoms with van der Waals surface area (Å²) in [4.78, 5) is 15.0. The molecule has 3 aromatic rings. The predicted octanol–water partition coefficient (Wildman–Crippen LogP) is 5.18. The minimum Gasteiger partial charge on any atom is -0.507 e. The molecule has 146 valence electrons. The molecule has 0 fully saturated rings. The zero-order valence-corrected chi connectivity index (χ0v) is 17.6. The van der Waals surface area contributed by atoms with Gasteiger partial charge < -0.3 is 10.0 Å². The van der Waals surface area contributed by atoms with Gasteiger partial charge in [0.15, 0.2) is 0 Å². The van der Waals surface area contributed by atoms with E-state index in [0.717, 1.165) is 34.4 Å². The Kier molecular flexibility index (Phi) is 6.21. The number of carbonyl (C=O) groups excluding carboxylic acids is 1. The summed E-state index contributed by atoms with van der Waals surface area (Å²) in [6, 6.07) is 11.3. The first kappa shape index (κ1) is 20.2. The fraction of sp³-hybridized carbons (Fsp3) is 0.238. The van der Waals surface area contributed by atoms with Gasteiger partial charge in [-0.2, -0.15) is 5.10 Å². The molecule has 0 saturated heterocycles. The number of carbonyl (C=O) groups is 1. The molecule has 1 amide bonds. The van der Waals surface area contributed by atoms with Gasteiger partial charge in [0.2, 0.25) is 0 Å². The average Bonchev–Trinajstić information content (AvgIpc) is 3.00. The predicted molar refractivity (Wildman–Crippen MR) is 118 cm³/mol. The highest BCUT2D eigenvalue weighted by molar-refractivity contribution is 7.21. The monoisotopic (exact) mass is 415 g/mol. The third-order valence-electron chi connectivity index (χ3n) is 4.50. The van der Waals surface area contributed by atoms with Gasteiger partial charge in [0.05, 0.1) is 11.2 Å². The molecule has 0 aliphatic rings. The zero-order valence-electron chi connectivity index (χ0n) is 16.0. The first-order valence-corrected chi connectivity index (χ1v) is 10.2. The Morgan fingerprint density at radius 3 is 2.68 bits per heavy atom. The van der Waals surface area contributed by atoms with Gasteiger partial charge in [0.25, 0.3) is 5.91 Å². The van der Waals surface area contributed by atoms with Crippen molar-refractivity contribution in [2.75, 3.05) is 18.0 Å². The summed E-state index contributed by atoms with van der Waals surface area (Å²) in [5, 5.41) is 15.5. The number of aromatic hydroxyl groups is 1. The highest BCUT2D eigenvalue weighted by Gasteiger charge is 2.16. The molecule has 0 unspecified atom stereocenters. The molecule has 7 heteroatoms. The van der Waals surface area contributed by atoms with Gasteiger partial charge in [-0.25, -0.2) is 5.43 Å². The fourth-order valence-electron chi connectivity index (χ4n) is 2.96. The molecule has 0 radical (unpaired) electrons. The number of hydrazone groups is 1. The van der Waals surface area contributed by atoms with Gasteiger partial charge in [-0.3, -0.25) is 4.79 Å².